The predicted octanol–water partition coefficient (Wildman–Crippen LogP) is 4.22. The number of ether oxygens (including phenoxy) is 2. The van der Waals surface area contributed by atoms with E-state index >= 15 is 0 Å². The summed E-state index contributed by atoms with van der Waals surface area (Å²) < 4.78 is 10.1. The van der Waals surface area contributed by atoms with E-state index in [0.29, 0.717) is 22.8 Å². The third kappa shape index (κ3) is 3.94. The lowest BCUT2D eigenvalue weighted by Gasteiger charge is -2.18. The molecule has 2 aromatic carbocycles. The van der Waals surface area contributed by atoms with Gasteiger partial charge in [-0.05, 0) is 48.4 Å². The monoisotopic (exact) mass is 397 g/mol. The van der Waals surface area contributed by atoms with Crippen LogP contribution in [0.5, 0.6) is 5.75 Å². The Balaban J connectivity index is 1.97. The molecule has 0 bridgehead atoms. The van der Waals surface area contributed by atoms with E-state index in [1.165, 1.54) is 7.11 Å². The highest BCUT2D eigenvalue weighted by Gasteiger charge is 2.36. The van der Waals surface area contributed by atoms with Crippen LogP contribution in [0.1, 0.15) is 18.1 Å². The summed E-state index contributed by atoms with van der Waals surface area (Å²) in [5.41, 5.74) is 2.84. The molecule has 28 heavy (non-hydrogen) atoms. The van der Waals surface area contributed by atoms with Gasteiger partial charge >= 0.3 is 5.97 Å². The zero-order chi connectivity index (χ0) is 20.3. The van der Waals surface area contributed by atoms with E-state index in [9.17, 15) is 9.59 Å². The van der Waals surface area contributed by atoms with E-state index in [-0.39, 0.29) is 11.5 Å². The molecule has 0 fully saturated rings. The van der Waals surface area contributed by atoms with E-state index in [2.05, 4.69) is 0 Å². The lowest BCUT2D eigenvalue weighted by atomic mass is 10.0. The molecule has 0 atom stereocenters. The molecule has 144 valence electrons. The van der Waals surface area contributed by atoms with Crippen LogP contribution in [0.15, 0.2) is 65.4 Å². The molecule has 1 aliphatic heterocycles. The number of carbonyl (C=O) groups is 2. The fourth-order valence-corrected chi connectivity index (χ4v) is 3.18. The Morgan fingerprint density at radius 3 is 2.29 bits per heavy atom. The Morgan fingerprint density at radius 2 is 1.71 bits per heavy atom. The Hall–Kier alpha value is -3.05. The molecule has 0 N–H and O–H groups in total. The number of methoxy groups -OCH3 is 2. The maximum atomic E-state index is 13.1. The molecule has 0 spiro atoms. The van der Waals surface area contributed by atoms with Crippen LogP contribution in [-0.4, -0.2) is 31.0 Å². The molecular weight excluding hydrogens is 378 g/mol. The van der Waals surface area contributed by atoms with Crippen molar-refractivity contribution in [1.29, 1.82) is 0 Å². The second-order valence-electron chi connectivity index (χ2n) is 6.30. The lowest BCUT2D eigenvalue weighted by Crippen LogP contribution is -2.24. The molecule has 0 saturated heterocycles. The smallest absolute Gasteiger partial charge is 0.340 e. The first kappa shape index (κ1) is 19.7. The Labute approximate surface area is 168 Å². The second kappa shape index (κ2) is 8.31. The highest BCUT2D eigenvalue weighted by Crippen LogP contribution is 2.33. The fourth-order valence-electron chi connectivity index (χ4n) is 3.06. The molecule has 5 nitrogen and oxygen atoms in total. The van der Waals surface area contributed by atoms with Gasteiger partial charge in [0.05, 0.1) is 31.9 Å². The van der Waals surface area contributed by atoms with Crippen LogP contribution < -0.4 is 4.74 Å². The first-order valence-corrected chi connectivity index (χ1v) is 9.04. The quantitative estimate of drug-likeness (QED) is 0.560. The van der Waals surface area contributed by atoms with Crippen LogP contribution in [0, 0.1) is 0 Å². The minimum absolute atomic E-state index is 0.247. The van der Waals surface area contributed by atoms with Crippen molar-refractivity contribution in [1.82, 2.24) is 4.90 Å². The van der Waals surface area contributed by atoms with Crippen molar-refractivity contribution in [2.24, 2.45) is 0 Å². The van der Waals surface area contributed by atoms with Crippen LogP contribution in [-0.2, 0) is 20.9 Å². The molecule has 3 rings (SSSR count). The molecule has 0 saturated carbocycles. The summed E-state index contributed by atoms with van der Waals surface area (Å²) in [6.07, 6.45) is 1.68. The number of esters is 1. The van der Waals surface area contributed by atoms with Crippen molar-refractivity contribution < 1.29 is 19.1 Å². The molecule has 0 unspecified atom stereocenters. The van der Waals surface area contributed by atoms with Crippen molar-refractivity contribution in [3.05, 3.63) is 81.5 Å². The van der Waals surface area contributed by atoms with Gasteiger partial charge in [-0.2, -0.15) is 0 Å². The summed E-state index contributed by atoms with van der Waals surface area (Å²) in [6, 6.07) is 14.5. The summed E-state index contributed by atoms with van der Waals surface area (Å²) in [5, 5.41) is 0.598. The number of benzene rings is 2. The third-order valence-electron chi connectivity index (χ3n) is 4.58. The second-order valence-corrected chi connectivity index (χ2v) is 6.74. The van der Waals surface area contributed by atoms with Crippen molar-refractivity contribution >= 4 is 29.6 Å². The number of rotatable bonds is 5. The maximum absolute atomic E-state index is 13.1. The van der Waals surface area contributed by atoms with Gasteiger partial charge in [0.1, 0.15) is 5.75 Å². The van der Waals surface area contributed by atoms with Gasteiger partial charge in [0, 0.05) is 10.7 Å². The normalized spacial score (nSPS) is 15.4. The minimum Gasteiger partial charge on any atom is -0.497 e. The van der Waals surface area contributed by atoms with Gasteiger partial charge in [-0.25, -0.2) is 4.79 Å². The summed E-state index contributed by atoms with van der Waals surface area (Å²) in [6.45, 7) is 2.09. The molecule has 1 heterocycles. The molecular formula is C22H20ClNO4. The predicted molar refractivity (Wildman–Crippen MR) is 108 cm³/mol. The van der Waals surface area contributed by atoms with Crippen LogP contribution in [0.25, 0.3) is 6.08 Å². The fraction of sp³-hybridized carbons (Fsp3) is 0.182. The standard InChI is InChI=1S/C22H20ClNO4/c1-14-20(22(26)28-3)19(12-15-4-8-17(23)9-5-15)21(25)24(14)13-16-6-10-18(27-2)11-7-16/h4-12H,13H2,1-3H3/b19-12-. The van der Waals surface area contributed by atoms with Gasteiger partial charge in [-0.15, -0.1) is 0 Å². The third-order valence-corrected chi connectivity index (χ3v) is 4.83. The largest absolute Gasteiger partial charge is 0.497 e. The number of carbonyl (C=O) groups excluding carboxylic acids is 2. The van der Waals surface area contributed by atoms with Gasteiger partial charge < -0.3 is 14.4 Å². The van der Waals surface area contributed by atoms with Crippen molar-refractivity contribution in [3.8, 4) is 5.75 Å². The Bertz CT molecular complexity index is 959. The molecule has 0 aliphatic carbocycles. The van der Waals surface area contributed by atoms with E-state index in [1.807, 2.05) is 24.3 Å². The van der Waals surface area contributed by atoms with Gasteiger partial charge in [0.15, 0.2) is 0 Å². The molecule has 0 radical (unpaired) electrons. The van der Waals surface area contributed by atoms with Gasteiger partial charge in [-0.3, -0.25) is 4.79 Å². The molecule has 1 aliphatic rings. The van der Waals surface area contributed by atoms with Crippen molar-refractivity contribution in [2.75, 3.05) is 14.2 Å². The Kier molecular flexibility index (Phi) is 5.85. The maximum Gasteiger partial charge on any atom is 0.340 e. The highest BCUT2D eigenvalue weighted by molar-refractivity contribution is 6.30. The topological polar surface area (TPSA) is 55.8 Å². The van der Waals surface area contributed by atoms with E-state index in [4.69, 9.17) is 21.1 Å². The molecule has 6 heteroatoms. The number of hydrogen-bond donors (Lipinski definition) is 0. The van der Waals surface area contributed by atoms with Crippen LogP contribution in [0.4, 0.5) is 0 Å². The zero-order valence-corrected chi connectivity index (χ0v) is 16.6. The van der Waals surface area contributed by atoms with Gasteiger partial charge in [0.2, 0.25) is 0 Å². The van der Waals surface area contributed by atoms with Gasteiger partial charge in [0.25, 0.3) is 5.91 Å². The summed E-state index contributed by atoms with van der Waals surface area (Å²) >= 11 is 5.93. The number of halogens is 1. The van der Waals surface area contributed by atoms with Crippen LogP contribution in [0.2, 0.25) is 5.02 Å². The number of nitrogens with zero attached hydrogens (tertiary/aromatic N) is 1. The van der Waals surface area contributed by atoms with Crippen molar-refractivity contribution in [2.45, 2.75) is 13.5 Å². The summed E-state index contributed by atoms with van der Waals surface area (Å²) in [5.74, 6) is -0.0469. The molecule has 1 amide bonds. The van der Waals surface area contributed by atoms with E-state index in [0.717, 1.165) is 16.9 Å². The van der Waals surface area contributed by atoms with Gasteiger partial charge in [-0.1, -0.05) is 35.9 Å². The number of amides is 1. The molecule has 2 aromatic rings. The molecule has 0 aromatic heterocycles. The van der Waals surface area contributed by atoms with Crippen LogP contribution >= 0.6 is 11.6 Å². The lowest BCUT2D eigenvalue weighted by molar-refractivity contribution is -0.136. The van der Waals surface area contributed by atoms with Crippen LogP contribution in [0.3, 0.4) is 0 Å². The summed E-state index contributed by atoms with van der Waals surface area (Å²) in [7, 11) is 2.90. The average Bonchev–Trinajstić information content (AvgIpc) is 2.94. The SMILES string of the molecule is COC(=O)C1=C(C)N(Cc2ccc(OC)cc2)C(=O)/C1=C\c1ccc(Cl)cc1. The first-order chi connectivity index (χ1) is 13.4. The van der Waals surface area contributed by atoms with Crippen molar-refractivity contribution in [3.63, 3.8) is 0 Å². The average molecular weight is 398 g/mol. The summed E-state index contributed by atoms with van der Waals surface area (Å²) in [4.78, 5) is 27.1. The van der Waals surface area contributed by atoms with E-state index in [1.54, 1.807) is 49.3 Å². The van der Waals surface area contributed by atoms with E-state index < -0.39 is 5.97 Å². The highest BCUT2D eigenvalue weighted by atomic mass is 35.5. The zero-order valence-electron chi connectivity index (χ0n) is 15.9. The minimum atomic E-state index is -0.539. The number of allylic oxidation sites excluding steroid dienone is 1. The number of hydrogen-bond acceptors (Lipinski definition) is 4. The Morgan fingerprint density at radius 1 is 1.07 bits per heavy atom. The first-order valence-electron chi connectivity index (χ1n) is 8.66.